The Bertz CT molecular complexity index is 1020. The topological polar surface area (TPSA) is 102 Å². The summed E-state index contributed by atoms with van der Waals surface area (Å²) in [6.45, 7) is 0.267. The van der Waals surface area contributed by atoms with Gasteiger partial charge < -0.3 is 24.2 Å². The van der Waals surface area contributed by atoms with E-state index in [0.717, 1.165) is 0 Å². The zero-order valence-electron chi connectivity index (χ0n) is 18.0. The van der Waals surface area contributed by atoms with E-state index in [0.29, 0.717) is 40.5 Å². The van der Waals surface area contributed by atoms with Gasteiger partial charge in [-0.15, -0.1) is 11.6 Å². The van der Waals surface area contributed by atoms with Crippen molar-refractivity contribution < 1.29 is 33.7 Å². The number of carboxylic acids is 1. The Morgan fingerprint density at radius 1 is 1.06 bits per heavy atom. The predicted molar refractivity (Wildman–Crippen MR) is 117 cm³/mol. The quantitative estimate of drug-likeness (QED) is 0.474. The van der Waals surface area contributed by atoms with Crippen molar-refractivity contribution in [3.05, 3.63) is 58.7 Å². The molecule has 8 nitrogen and oxygen atoms in total. The molecule has 1 aliphatic heterocycles. The molecule has 0 saturated heterocycles. The molecule has 1 amide bonds. The SMILES string of the molecule is COC(=O)c1ccc([C@@H]2[C@H](C(=O)O)c3cc(OC)c(OC)cc3C(=O)N2CCCCl)cc1. The van der Waals surface area contributed by atoms with E-state index in [2.05, 4.69) is 0 Å². The molecule has 170 valence electrons. The standard InChI is InChI=1S/C23H24ClNO7/c1-30-17-11-15-16(12-18(17)31-2)21(26)25(10-4-9-24)20(19(15)22(27)28)13-5-7-14(8-6-13)23(29)32-3/h5-8,11-12,19-20H,4,9-10H2,1-3H3,(H,27,28)/t19-,20-/m1/s1. The number of rotatable bonds is 8. The second kappa shape index (κ2) is 9.91. The minimum absolute atomic E-state index is 0.243. The second-order valence-corrected chi connectivity index (χ2v) is 7.59. The van der Waals surface area contributed by atoms with Crippen LogP contribution in [0.25, 0.3) is 0 Å². The maximum absolute atomic E-state index is 13.5. The molecule has 3 rings (SSSR count). The van der Waals surface area contributed by atoms with Crippen LogP contribution in [0.5, 0.6) is 11.5 Å². The molecule has 0 bridgehead atoms. The molecule has 0 spiro atoms. The average molecular weight is 462 g/mol. The van der Waals surface area contributed by atoms with Crippen LogP contribution < -0.4 is 9.47 Å². The number of benzene rings is 2. The third-order valence-electron chi connectivity index (χ3n) is 5.51. The molecular formula is C23H24ClNO7. The number of hydrogen-bond acceptors (Lipinski definition) is 6. The Hall–Kier alpha value is -3.26. The van der Waals surface area contributed by atoms with Crippen LogP contribution in [0.1, 0.15) is 50.2 Å². The zero-order chi connectivity index (χ0) is 23.4. The lowest BCUT2D eigenvalue weighted by atomic mass is 9.79. The monoisotopic (exact) mass is 461 g/mol. The van der Waals surface area contributed by atoms with E-state index >= 15 is 0 Å². The van der Waals surface area contributed by atoms with E-state index in [1.165, 1.54) is 32.3 Å². The van der Waals surface area contributed by atoms with Gasteiger partial charge in [-0.25, -0.2) is 4.79 Å². The van der Waals surface area contributed by atoms with E-state index in [1.54, 1.807) is 30.3 Å². The van der Waals surface area contributed by atoms with Crippen molar-refractivity contribution in [3.63, 3.8) is 0 Å². The predicted octanol–water partition coefficient (Wildman–Crippen LogP) is 3.48. The van der Waals surface area contributed by atoms with Crippen LogP contribution in [0.15, 0.2) is 36.4 Å². The smallest absolute Gasteiger partial charge is 0.337 e. The molecule has 0 radical (unpaired) electrons. The minimum atomic E-state index is -1.09. The van der Waals surface area contributed by atoms with Gasteiger partial charge in [-0.3, -0.25) is 9.59 Å². The van der Waals surface area contributed by atoms with Crippen LogP contribution in [-0.2, 0) is 9.53 Å². The average Bonchev–Trinajstić information content (AvgIpc) is 2.81. The van der Waals surface area contributed by atoms with E-state index in [1.807, 2.05) is 0 Å². The van der Waals surface area contributed by atoms with Gasteiger partial charge in [0.15, 0.2) is 11.5 Å². The maximum atomic E-state index is 13.5. The molecular weight excluding hydrogens is 438 g/mol. The minimum Gasteiger partial charge on any atom is -0.493 e. The molecule has 2 atom stereocenters. The normalized spacial score (nSPS) is 17.5. The summed E-state index contributed by atoms with van der Waals surface area (Å²) in [7, 11) is 4.17. The highest BCUT2D eigenvalue weighted by Crippen LogP contribution is 2.46. The number of nitrogens with zero attached hydrogens (tertiary/aromatic N) is 1. The molecule has 0 aliphatic carbocycles. The van der Waals surface area contributed by atoms with Crippen molar-refractivity contribution in [2.24, 2.45) is 0 Å². The van der Waals surface area contributed by atoms with E-state index in [-0.39, 0.29) is 18.0 Å². The molecule has 1 heterocycles. The third-order valence-corrected chi connectivity index (χ3v) is 5.77. The van der Waals surface area contributed by atoms with Gasteiger partial charge in [-0.1, -0.05) is 12.1 Å². The van der Waals surface area contributed by atoms with Crippen LogP contribution in [-0.4, -0.2) is 61.6 Å². The Balaban J connectivity index is 2.20. The number of aliphatic carboxylic acids is 1. The molecule has 2 aromatic rings. The van der Waals surface area contributed by atoms with Gasteiger partial charge in [0, 0.05) is 18.0 Å². The summed E-state index contributed by atoms with van der Waals surface area (Å²) >= 11 is 5.88. The number of carbonyl (C=O) groups excluding carboxylic acids is 2. The summed E-state index contributed by atoms with van der Waals surface area (Å²) in [4.78, 5) is 39.3. The molecule has 1 aliphatic rings. The van der Waals surface area contributed by atoms with Gasteiger partial charge in [0.1, 0.15) is 5.92 Å². The van der Waals surface area contributed by atoms with Crippen molar-refractivity contribution in [3.8, 4) is 11.5 Å². The first-order valence-electron chi connectivity index (χ1n) is 9.91. The Morgan fingerprint density at radius 2 is 1.69 bits per heavy atom. The lowest BCUT2D eigenvalue weighted by Crippen LogP contribution is -2.45. The van der Waals surface area contributed by atoms with Crippen LogP contribution in [0.2, 0.25) is 0 Å². The molecule has 2 aromatic carbocycles. The fraction of sp³-hybridized carbons (Fsp3) is 0.348. The number of carbonyl (C=O) groups is 3. The number of fused-ring (bicyclic) bond motifs is 1. The number of alkyl halides is 1. The summed E-state index contributed by atoms with van der Waals surface area (Å²) in [6, 6.07) is 8.62. The van der Waals surface area contributed by atoms with Crippen LogP contribution in [0, 0.1) is 0 Å². The van der Waals surface area contributed by atoms with E-state index in [4.69, 9.17) is 25.8 Å². The van der Waals surface area contributed by atoms with Gasteiger partial charge >= 0.3 is 11.9 Å². The number of ether oxygens (including phenoxy) is 3. The molecule has 0 fully saturated rings. The molecule has 0 unspecified atom stereocenters. The summed E-state index contributed by atoms with van der Waals surface area (Å²) in [5.41, 5.74) is 1.48. The first-order valence-corrected chi connectivity index (χ1v) is 10.4. The number of amides is 1. The Labute approximate surface area is 190 Å². The summed E-state index contributed by atoms with van der Waals surface area (Å²) < 4.78 is 15.4. The van der Waals surface area contributed by atoms with Crippen molar-refractivity contribution in [1.29, 1.82) is 0 Å². The highest BCUT2D eigenvalue weighted by molar-refractivity contribution is 6.17. The van der Waals surface area contributed by atoms with Crippen LogP contribution >= 0.6 is 11.6 Å². The van der Waals surface area contributed by atoms with Gasteiger partial charge in [0.2, 0.25) is 0 Å². The first-order chi connectivity index (χ1) is 15.4. The van der Waals surface area contributed by atoms with E-state index in [9.17, 15) is 19.5 Å². The molecule has 0 aromatic heterocycles. The molecule has 0 saturated carbocycles. The molecule has 1 N–H and O–H groups in total. The number of halogens is 1. The fourth-order valence-corrected chi connectivity index (χ4v) is 4.13. The lowest BCUT2D eigenvalue weighted by Gasteiger charge is -2.41. The number of methoxy groups -OCH3 is 3. The second-order valence-electron chi connectivity index (χ2n) is 7.21. The van der Waals surface area contributed by atoms with Gasteiger partial charge in [0.05, 0.1) is 32.9 Å². The highest BCUT2D eigenvalue weighted by atomic mass is 35.5. The highest BCUT2D eigenvalue weighted by Gasteiger charge is 2.45. The summed E-state index contributed by atoms with van der Waals surface area (Å²) in [5.74, 6) is -2.02. The van der Waals surface area contributed by atoms with Crippen molar-refractivity contribution in [1.82, 2.24) is 4.90 Å². The van der Waals surface area contributed by atoms with Crippen LogP contribution in [0.4, 0.5) is 0 Å². The van der Waals surface area contributed by atoms with Crippen molar-refractivity contribution >= 4 is 29.4 Å². The lowest BCUT2D eigenvalue weighted by molar-refractivity contribution is -0.140. The fourth-order valence-electron chi connectivity index (χ4n) is 4.01. The van der Waals surface area contributed by atoms with Gasteiger partial charge in [-0.05, 0) is 41.8 Å². The van der Waals surface area contributed by atoms with Crippen molar-refractivity contribution in [2.75, 3.05) is 33.8 Å². The van der Waals surface area contributed by atoms with Crippen LogP contribution in [0.3, 0.4) is 0 Å². The number of carboxylic acid groups (broad SMARTS) is 1. The first kappa shape index (κ1) is 23.4. The Morgan fingerprint density at radius 3 is 2.22 bits per heavy atom. The molecule has 9 heteroatoms. The third kappa shape index (κ3) is 4.23. The Kier molecular flexibility index (Phi) is 7.25. The molecule has 32 heavy (non-hydrogen) atoms. The van der Waals surface area contributed by atoms with E-state index < -0.39 is 23.9 Å². The van der Waals surface area contributed by atoms with Gasteiger partial charge in [-0.2, -0.15) is 0 Å². The maximum Gasteiger partial charge on any atom is 0.337 e. The largest absolute Gasteiger partial charge is 0.493 e. The summed E-state index contributed by atoms with van der Waals surface area (Å²) in [6.07, 6.45) is 0.485. The number of hydrogen-bond donors (Lipinski definition) is 1. The summed E-state index contributed by atoms with van der Waals surface area (Å²) in [5, 5.41) is 10.2. The van der Waals surface area contributed by atoms with Gasteiger partial charge in [0.25, 0.3) is 5.91 Å². The zero-order valence-corrected chi connectivity index (χ0v) is 18.7. The number of esters is 1. The van der Waals surface area contributed by atoms with Crippen molar-refractivity contribution in [2.45, 2.75) is 18.4 Å².